The van der Waals surface area contributed by atoms with Gasteiger partial charge in [-0.25, -0.2) is 0 Å². The Morgan fingerprint density at radius 3 is 2.46 bits per heavy atom. The molecular weight excluding hydrogens is 452 g/mol. The van der Waals surface area contributed by atoms with E-state index in [4.69, 9.17) is 4.74 Å². The van der Waals surface area contributed by atoms with Crippen LogP contribution < -0.4 is 0 Å². The first-order valence-electron chi connectivity index (χ1n) is 9.09. The molecule has 1 heterocycles. The van der Waals surface area contributed by atoms with Gasteiger partial charge in [0.25, 0.3) is 0 Å². The number of hydrogen-bond donors (Lipinski definition) is 0. The standard InChI is InChI=1S/C11H11BrO.C11H11Br.CH4/c12-8-5-4-7-2-1-3-10-11(13-10)9(7)6-8;12-11-7-6-9-4-2-1-3-5-10(9)8-11;/h4-6,10-11H,1-3H2;3,5-8H,1-2,4H2;1H4. The lowest BCUT2D eigenvalue weighted by molar-refractivity contribution is 0.357. The van der Waals surface area contributed by atoms with Gasteiger partial charge in [-0.15, -0.1) is 0 Å². The van der Waals surface area contributed by atoms with Crippen molar-refractivity contribution >= 4 is 37.9 Å². The van der Waals surface area contributed by atoms with E-state index >= 15 is 0 Å². The Bertz CT molecular complexity index is 797. The number of benzene rings is 2. The number of fused-ring (bicyclic) bond motifs is 4. The van der Waals surface area contributed by atoms with Crippen LogP contribution in [0.15, 0.2) is 51.4 Å². The number of allylic oxidation sites excluding steroid dienone is 1. The van der Waals surface area contributed by atoms with Crippen LogP contribution in [0.1, 0.15) is 61.5 Å². The zero-order valence-electron chi connectivity index (χ0n) is 14.2. The third-order valence-corrected chi connectivity index (χ3v) is 6.14. The van der Waals surface area contributed by atoms with Crippen molar-refractivity contribution in [3.63, 3.8) is 0 Å². The fraction of sp³-hybridized carbons (Fsp3) is 0.391. The molecule has 3 heteroatoms. The molecule has 0 spiro atoms. The highest BCUT2D eigenvalue weighted by Crippen LogP contribution is 2.46. The number of epoxide rings is 1. The first-order valence-corrected chi connectivity index (χ1v) is 10.7. The van der Waals surface area contributed by atoms with E-state index in [1.165, 1.54) is 69.7 Å². The van der Waals surface area contributed by atoms with E-state index in [9.17, 15) is 0 Å². The van der Waals surface area contributed by atoms with Crippen LogP contribution in [0.5, 0.6) is 0 Å². The third-order valence-electron chi connectivity index (χ3n) is 5.15. The second-order valence-electron chi connectivity index (χ2n) is 6.97. The molecule has 0 saturated carbocycles. The van der Waals surface area contributed by atoms with Crippen LogP contribution in [-0.4, -0.2) is 6.10 Å². The summed E-state index contributed by atoms with van der Waals surface area (Å²) < 4.78 is 7.96. The second-order valence-corrected chi connectivity index (χ2v) is 8.80. The summed E-state index contributed by atoms with van der Waals surface area (Å²) in [5.41, 5.74) is 5.75. The van der Waals surface area contributed by atoms with Gasteiger partial charge in [-0.1, -0.05) is 63.6 Å². The molecular formula is C23H26Br2O. The molecule has 2 aromatic carbocycles. The molecule has 2 unspecified atom stereocenters. The number of ether oxygens (including phenoxy) is 1. The molecule has 3 aliphatic rings. The fourth-order valence-electron chi connectivity index (χ4n) is 3.76. The zero-order chi connectivity index (χ0) is 17.2. The maximum absolute atomic E-state index is 5.62. The predicted octanol–water partition coefficient (Wildman–Crippen LogP) is 7.66. The van der Waals surface area contributed by atoms with Gasteiger partial charge >= 0.3 is 0 Å². The molecule has 0 radical (unpaired) electrons. The normalized spacial score (nSPS) is 22.2. The highest BCUT2D eigenvalue weighted by Gasteiger charge is 2.42. The molecule has 0 bridgehead atoms. The average molecular weight is 478 g/mol. The monoisotopic (exact) mass is 476 g/mol. The summed E-state index contributed by atoms with van der Waals surface area (Å²) in [6, 6.07) is 13.1. The maximum atomic E-state index is 5.62. The molecule has 26 heavy (non-hydrogen) atoms. The second kappa shape index (κ2) is 8.86. The minimum absolute atomic E-state index is 0. The highest BCUT2D eigenvalue weighted by atomic mass is 79.9. The SMILES string of the molecule is Brc1ccc2c(c1)C1OC1CCC2.Brc1ccc2c(c1)C=CCCC2.C. The number of aryl methyl sites for hydroxylation is 2. The van der Waals surface area contributed by atoms with Crippen LogP contribution in [0.2, 0.25) is 0 Å². The van der Waals surface area contributed by atoms with E-state index in [2.05, 4.69) is 80.4 Å². The first-order chi connectivity index (χ1) is 12.2. The van der Waals surface area contributed by atoms with E-state index in [0.717, 1.165) is 0 Å². The van der Waals surface area contributed by atoms with Crippen molar-refractivity contribution in [3.05, 3.63) is 73.7 Å². The summed E-state index contributed by atoms with van der Waals surface area (Å²) in [5.74, 6) is 0. The van der Waals surface area contributed by atoms with E-state index in [1.54, 1.807) is 0 Å². The molecule has 1 aliphatic heterocycles. The Morgan fingerprint density at radius 2 is 1.62 bits per heavy atom. The molecule has 1 saturated heterocycles. The number of halogens is 2. The average Bonchev–Trinajstić information content (AvgIpc) is 3.39. The number of rotatable bonds is 0. The summed E-state index contributed by atoms with van der Waals surface area (Å²) in [6.45, 7) is 0. The van der Waals surface area contributed by atoms with Crippen molar-refractivity contribution in [2.75, 3.05) is 0 Å². The predicted molar refractivity (Wildman–Crippen MR) is 118 cm³/mol. The van der Waals surface area contributed by atoms with Gasteiger partial charge in [-0.3, -0.25) is 0 Å². The van der Waals surface area contributed by atoms with Crippen LogP contribution >= 0.6 is 31.9 Å². The van der Waals surface area contributed by atoms with Gasteiger partial charge in [0.05, 0.1) is 6.10 Å². The fourth-order valence-corrected chi connectivity index (χ4v) is 4.51. The van der Waals surface area contributed by atoms with Gasteiger partial charge in [0, 0.05) is 8.95 Å². The minimum Gasteiger partial charge on any atom is -0.364 e. The van der Waals surface area contributed by atoms with E-state index in [-0.39, 0.29) is 7.43 Å². The lowest BCUT2D eigenvalue weighted by Crippen LogP contribution is -1.90. The summed E-state index contributed by atoms with van der Waals surface area (Å²) in [6.07, 6.45) is 12.9. The minimum atomic E-state index is 0. The summed E-state index contributed by atoms with van der Waals surface area (Å²) in [5, 5.41) is 0. The topological polar surface area (TPSA) is 12.5 Å². The van der Waals surface area contributed by atoms with Crippen LogP contribution in [0.25, 0.3) is 6.08 Å². The van der Waals surface area contributed by atoms with E-state index in [0.29, 0.717) is 12.2 Å². The van der Waals surface area contributed by atoms with Gasteiger partial charge in [0.2, 0.25) is 0 Å². The highest BCUT2D eigenvalue weighted by molar-refractivity contribution is 9.10. The first kappa shape index (κ1) is 19.9. The van der Waals surface area contributed by atoms with Crippen LogP contribution in [0.3, 0.4) is 0 Å². The molecule has 1 nitrogen and oxygen atoms in total. The lowest BCUT2D eigenvalue weighted by atomic mass is 10.0. The van der Waals surface area contributed by atoms with Gasteiger partial charge in [-0.05, 0) is 85.0 Å². The van der Waals surface area contributed by atoms with Crippen molar-refractivity contribution in [3.8, 4) is 0 Å². The lowest BCUT2D eigenvalue weighted by Gasteiger charge is -2.05. The third kappa shape index (κ3) is 4.68. The van der Waals surface area contributed by atoms with Gasteiger partial charge in [0.15, 0.2) is 0 Å². The largest absolute Gasteiger partial charge is 0.364 e. The van der Waals surface area contributed by atoms with Gasteiger partial charge in [0.1, 0.15) is 6.10 Å². The number of hydrogen-bond acceptors (Lipinski definition) is 1. The Labute approximate surface area is 174 Å². The van der Waals surface area contributed by atoms with Gasteiger partial charge < -0.3 is 4.74 Å². The quantitative estimate of drug-likeness (QED) is 0.354. The molecule has 138 valence electrons. The Hall–Kier alpha value is -0.900. The molecule has 5 rings (SSSR count). The Kier molecular flexibility index (Phi) is 6.76. The van der Waals surface area contributed by atoms with Crippen molar-refractivity contribution in [2.24, 2.45) is 0 Å². The maximum Gasteiger partial charge on any atom is 0.109 e. The van der Waals surface area contributed by atoms with Crippen LogP contribution in [0, 0.1) is 0 Å². The van der Waals surface area contributed by atoms with Crippen molar-refractivity contribution in [1.82, 2.24) is 0 Å². The van der Waals surface area contributed by atoms with Crippen LogP contribution in [0.4, 0.5) is 0 Å². The summed E-state index contributed by atoms with van der Waals surface area (Å²) in [4.78, 5) is 0. The van der Waals surface area contributed by atoms with Crippen LogP contribution in [-0.2, 0) is 17.6 Å². The summed E-state index contributed by atoms with van der Waals surface area (Å²) >= 11 is 6.99. The van der Waals surface area contributed by atoms with E-state index < -0.39 is 0 Å². The molecule has 0 N–H and O–H groups in total. The van der Waals surface area contributed by atoms with Crippen molar-refractivity contribution in [1.29, 1.82) is 0 Å². The molecule has 1 fully saturated rings. The molecule has 2 atom stereocenters. The van der Waals surface area contributed by atoms with Crippen molar-refractivity contribution < 1.29 is 4.74 Å². The van der Waals surface area contributed by atoms with Gasteiger partial charge in [-0.2, -0.15) is 0 Å². The zero-order valence-corrected chi connectivity index (χ0v) is 17.4. The molecule has 2 aromatic rings. The Morgan fingerprint density at radius 1 is 0.885 bits per heavy atom. The van der Waals surface area contributed by atoms with E-state index in [1.807, 2.05) is 0 Å². The van der Waals surface area contributed by atoms with Crippen molar-refractivity contribution in [2.45, 2.75) is 58.2 Å². The molecule has 2 aliphatic carbocycles. The molecule has 0 aromatic heterocycles. The molecule has 0 amide bonds. The Balaban J connectivity index is 0.000000146. The summed E-state index contributed by atoms with van der Waals surface area (Å²) in [7, 11) is 0. The smallest absolute Gasteiger partial charge is 0.109 e.